The van der Waals surface area contributed by atoms with Crippen LogP contribution >= 0.6 is 0 Å². The zero-order valence-corrected chi connectivity index (χ0v) is 10.4. The van der Waals surface area contributed by atoms with Gasteiger partial charge in [-0.3, -0.25) is 10.2 Å². The highest BCUT2D eigenvalue weighted by Gasteiger charge is 2.42. The van der Waals surface area contributed by atoms with E-state index in [1.54, 1.807) is 0 Å². The van der Waals surface area contributed by atoms with E-state index in [0.717, 1.165) is 0 Å². The van der Waals surface area contributed by atoms with Crippen LogP contribution in [0, 0.1) is 0 Å². The van der Waals surface area contributed by atoms with Gasteiger partial charge in [-0.05, 0) is 24.3 Å². The summed E-state index contributed by atoms with van der Waals surface area (Å²) in [5.74, 6) is -0.458. The molecule has 8 nitrogen and oxygen atoms in total. The Morgan fingerprint density at radius 1 is 1.20 bits per heavy atom. The molecule has 1 aromatic rings. The van der Waals surface area contributed by atoms with Gasteiger partial charge in [-0.2, -0.15) is 0 Å². The van der Waals surface area contributed by atoms with Crippen LogP contribution in [0.15, 0.2) is 24.3 Å². The number of ether oxygens (including phenoxy) is 1. The van der Waals surface area contributed by atoms with Crippen LogP contribution in [0.2, 0.25) is 0 Å². The maximum Gasteiger partial charge on any atom is 0.265 e. The number of hydrazine groups is 1. The molecule has 110 valence electrons. The summed E-state index contributed by atoms with van der Waals surface area (Å²) < 4.78 is 5.12. The standard InChI is InChI=1S/C12H16N2O6/c15-5-8-9(17)10(18)12(20-8)14-13-11(19)6-1-3-7(16)4-2-6/h1-4,8-10,12,14-18H,5H2,(H,13,19). The van der Waals surface area contributed by atoms with Crippen LogP contribution in [-0.4, -0.2) is 57.5 Å². The SMILES string of the molecule is O=C(NNC1OC(CO)C(O)C1O)c1ccc(O)cc1. The molecule has 0 saturated carbocycles. The minimum atomic E-state index is -1.27. The van der Waals surface area contributed by atoms with E-state index >= 15 is 0 Å². The maximum atomic E-state index is 11.7. The summed E-state index contributed by atoms with van der Waals surface area (Å²) in [5.41, 5.74) is 5.03. The second-order valence-corrected chi connectivity index (χ2v) is 4.40. The molecule has 1 aromatic carbocycles. The third kappa shape index (κ3) is 3.06. The smallest absolute Gasteiger partial charge is 0.265 e. The quantitative estimate of drug-likeness (QED) is 0.355. The molecule has 20 heavy (non-hydrogen) atoms. The molecule has 1 fully saturated rings. The van der Waals surface area contributed by atoms with Gasteiger partial charge in [-0.25, -0.2) is 5.43 Å². The molecule has 0 aromatic heterocycles. The number of carbonyl (C=O) groups is 1. The molecule has 1 heterocycles. The highest BCUT2D eigenvalue weighted by Crippen LogP contribution is 2.18. The van der Waals surface area contributed by atoms with E-state index < -0.39 is 37.1 Å². The molecule has 6 N–H and O–H groups in total. The maximum absolute atomic E-state index is 11.7. The first-order valence-electron chi connectivity index (χ1n) is 6.00. The average Bonchev–Trinajstić information content (AvgIpc) is 2.73. The Morgan fingerprint density at radius 3 is 2.40 bits per heavy atom. The number of carbonyl (C=O) groups excluding carboxylic acids is 1. The van der Waals surface area contributed by atoms with Crippen molar-refractivity contribution in [2.45, 2.75) is 24.5 Å². The summed E-state index contributed by atoms with van der Waals surface area (Å²) in [7, 11) is 0. The van der Waals surface area contributed by atoms with E-state index in [9.17, 15) is 15.0 Å². The normalized spacial score (nSPS) is 29.4. The average molecular weight is 284 g/mol. The van der Waals surface area contributed by atoms with Gasteiger partial charge in [-0.15, -0.1) is 0 Å². The van der Waals surface area contributed by atoms with Crippen molar-refractivity contribution >= 4 is 5.91 Å². The Labute approximate surface area is 114 Å². The van der Waals surface area contributed by atoms with Gasteiger partial charge >= 0.3 is 0 Å². The lowest BCUT2D eigenvalue weighted by Gasteiger charge is -2.17. The summed E-state index contributed by atoms with van der Waals surface area (Å²) >= 11 is 0. The fourth-order valence-corrected chi connectivity index (χ4v) is 1.84. The second-order valence-electron chi connectivity index (χ2n) is 4.40. The van der Waals surface area contributed by atoms with Gasteiger partial charge in [0.2, 0.25) is 0 Å². The zero-order chi connectivity index (χ0) is 14.7. The van der Waals surface area contributed by atoms with E-state index in [-0.39, 0.29) is 5.75 Å². The Hall–Kier alpha value is -1.71. The minimum absolute atomic E-state index is 0.0398. The summed E-state index contributed by atoms with van der Waals surface area (Å²) in [6.45, 7) is -0.442. The third-order valence-electron chi connectivity index (χ3n) is 3.00. The number of rotatable bonds is 4. The molecule has 4 unspecified atom stereocenters. The first kappa shape index (κ1) is 14.7. The van der Waals surface area contributed by atoms with Gasteiger partial charge in [0.1, 0.15) is 24.1 Å². The predicted molar refractivity (Wildman–Crippen MR) is 66.5 cm³/mol. The molecule has 1 saturated heterocycles. The van der Waals surface area contributed by atoms with Crippen molar-refractivity contribution < 1.29 is 30.0 Å². The van der Waals surface area contributed by atoms with Crippen molar-refractivity contribution in [2.24, 2.45) is 0 Å². The molecule has 0 aliphatic carbocycles. The number of phenols is 1. The molecule has 1 amide bonds. The molecule has 8 heteroatoms. The van der Waals surface area contributed by atoms with Gasteiger partial charge in [0.25, 0.3) is 5.91 Å². The number of aliphatic hydroxyl groups is 3. The lowest BCUT2D eigenvalue weighted by atomic mass is 10.1. The van der Waals surface area contributed by atoms with Crippen molar-refractivity contribution in [3.8, 4) is 5.75 Å². The van der Waals surface area contributed by atoms with Crippen LogP contribution in [0.25, 0.3) is 0 Å². The molecular weight excluding hydrogens is 268 g/mol. The van der Waals surface area contributed by atoms with E-state index in [1.165, 1.54) is 24.3 Å². The number of benzene rings is 1. The molecule has 0 bridgehead atoms. The monoisotopic (exact) mass is 284 g/mol. The molecule has 4 atom stereocenters. The van der Waals surface area contributed by atoms with E-state index in [0.29, 0.717) is 5.56 Å². The van der Waals surface area contributed by atoms with Crippen LogP contribution in [0.5, 0.6) is 5.75 Å². The van der Waals surface area contributed by atoms with E-state index in [1.807, 2.05) is 0 Å². The number of aromatic hydroxyl groups is 1. The lowest BCUT2D eigenvalue weighted by molar-refractivity contribution is -0.0375. The van der Waals surface area contributed by atoms with Gasteiger partial charge in [0.15, 0.2) is 6.23 Å². The predicted octanol–water partition coefficient (Wildman–Crippen LogP) is -1.93. The number of hydrogen-bond acceptors (Lipinski definition) is 7. The summed E-state index contributed by atoms with van der Waals surface area (Å²) in [4.78, 5) is 11.7. The highest BCUT2D eigenvalue weighted by molar-refractivity contribution is 5.93. The van der Waals surface area contributed by atoms with Crippen molar-refractivity contribution in [2.75, 3.05) is 6.61 Å². The molecule has 2 rings (SSSR count). The number of nitrogens with one attached hydrogen (secondary N) is 2. The molecule has 1 aliphatic rings. The van der Waals surface area contributed by atoms with Crippen LogP contribution in [0.1, 0.15) is 10.4 Å². The molecular formula is C12H16N2O6. The largest absolute Gasteiger partial charge is 0.508 e. The van der Waals surface area contributed by atoms with Crippen molar-refractivity contribution in [3.05, 3.63) is 29.8 Å². The molecule has 0 radical (unpaired) electrons. The van der Waals surface area contributed by atoms with Gasteiger partial charge in [0, 0.05) is 5.56 Å². The lowest BCUT2D eigenvalue weighted by Crippen LogP contribution is -2.49. The van der Waals surface area contributed by atoms with E-state index in [4.69, 9.17) is 14.9 Å². The zero-order valence-electron chi connectivity index (χ0n) is 10.4. The van der Waals surface area contributed by atoms with Crippen LogP contribution < -0.4 is 10.9 Å². The third-order valence-corrected chi connectivity index (χ3v) is 3.00. The van der Waals surface area contributed by atoms with Crippen LogP contribution in [-0.2, 0) is 4.74 Å². The second kappa shape index (κ2) is 6.16. The number of aliphatic hydroxyl groups excluding tert-OH is 3. The first-order chi connectivity index (χ1) is 9.52. The Balaban J connectivity index is 1.89. The fourth-order valence-electron chi connectivity index (χ4n) is 1.84. The Bertz CT molecular complexity index is 466. The molecule has 0 spiro atoms. The Kier molecular flexibility index (Phi) is 4.53. The van der Waals surface area contributed by atoms with Gasteiger partial charge in [0.05, 0.1) is 6.61 Å². The molecule has 1 aliphatic heterocycles. The van der Waals surface area contributed by atoms with Gasteiger partial charge < -0.3 is 25.2 Å². The summed E-state index contributed by atoms with van der Waals surface area (Å²) in [6.07, 6.45) is -4.44. The van der Waals surface area contributed by atoms with Crippen molar-refractivity contribution in [1.29, 1.82) is 0 Å². The number of hydrogen-bond donors (Lipinski definition) is 6. The Morgan fingerprint density at radius 2 is 1.85 bits per heavy atom. The van der Waals surface area contributed by atoms with Crippen LogP contribution in [0.4, 0.5) is 0 Å². The summed E-state index contributed by atoms with van der Waals surface area (Å²) in [5, 5.41) is 37.2. The number of phenolic OH excluding ortho intramolecular Hbond substituents is 1. The number of amides is 1. The summed E-state index contributed by atoms with van der Waals surface area (Å²) in [6, 6.07) is 5.57. The highest BCUT2D eigenvalue weighted by atomic mass is 16.6. The van der Waals surface area contributed by atoms with Crippen molar-refractivity contribution in [3.63, 3.8) is 0 Å². The van der Waals surface area contributed by atoms with Crippen molar-refractivity contribution in [1.82, 2.24) is 10.9 Å². The van der Waals surface area contributed by atoms with E-state index in [2.05, 4.69) is 10.9 Å². The van der Waals surface area contributed by atoms with Crippen LogP contribution in [0.3, 0.4) is 0 Å². The first-order valence-corrected chi connectivity index (χ1v) is 6.00. The van der Waals surface area contributed by atoms with Gasteiger partial charge in [-0.1, -0.05) is 0 Å². The topological polar surface area (TPSA) is 131 Å². The minimum Gasteiger partial charge on any atom is -0.508 e. The fraction of sp³-hybridized carbons (Fsp3) is 0.417.